The molecule has 2 aromatic rings. The molecular formula is C23H32ClN5O. The van der Waals surface area contributed by atoms with Crippen molar-refractivity contribution in [1.82, 2.24) is 20.9 Å². The van der Waals surface area contributed by atoms with Crippen LogP contribution in [0.25, 0.3) is 0 Å². The van der Waals surface area contributed by atoms with E-state index in [4.69, 9.17) is 11.6 Å². The molecule has 0 heterocycles. The molecule has 0 aliphatic carbocycles. The summed E-state index contributed by atoms with van der Waals surface area (Å²) in [7, 11) is 3.96. The number of hydrogen-bond donors (Lipinski definition) is 3. The lowest BCUT2D eigenvalue weighted by molar-refractivity contribution is 0.0951. The van der Waals surface area contributed by atoms with Crippen LogP contribution in [0.2, 0.25) is 5.02 Å². The average Bonchev–Trinajstić information content (AvgIpc) is 2.73. The highest BCUT2D eigenvalue weighted by Gasteiger charge is 2.06. The summed E-state index contributed by atoms with van der Waals surface area (Å²) in [5, 5.41) is 10.3. The van der Waals surface area contributed by atoms with Crippen LogP contribution in [0, 0.1) is 0 Å². The molecule has 0 aromatic heterocycles. The van der Waals surface area contributed by atoms with Crippen molar-refractivity contribution in [2.75, 3.05) is 40.3 Å². The molecular weight excluding hydrogens is 398 g/mol. The molecule has 0 aliphatic rings. The van der Waals surface area contributed by atoms with E-state index in [0.717, 1.165) is 48.2 Å². The molecule has 0 saturated carbocycles. The van der Waals surface area contributed by atoms with Gasteiger partial charge in [0, 0.05) is 36.8 Å². The number of amides is 1. The van der Waals surface area contributed by atoms with Crippen molar-refractivity contribution in [1.29, 1.82) is 0 Å². The van der Waals surface area contributed by atoms with E-state index < -0.39 is 0 Å². The summed E-state index contributed by atoms with van der Waals surface area (Å²) in [4.78, 5) is 19.0. The molecule has 6 nitrogen and oxygen atoms in total. The summed E-state index contributed by atoms with van der Waals surface area (Å²) in [6.45, 7) is 5.44. The fourth-order valence-electron chi connectivity index (χ4n) is 2.83. The molecule has 0 radical (unpaired) electrons. The molecule has 0 fully saturated rings. The highest BCUT2D eigenvalue weighted by Crippen LogP contribution is 2.14. The van der Waals surface area contributed by atoms with Crippen molar-refractivity contribution in [2.24, 2.45) is 4.99 Å². The van der Waals surface area contributed by atoms with Gasteiger partial charge in [0.25, 0.3) is 5.91 Å². The lowest BCUT2D eigenvalue weighted by atomic mass is 10.1. The summed E-state index contributed by atoms with van der Waals surface area (Å²) in [5.74, 6) is 0.679. The second-order valence-corrected chi connectivity index (χ2v) is 7.63. The Labute approximate surface area is 184 Å². The van der Waals surface area contributed by atoms with Gasteiger partial charge in [-0.3, -0.25) is 4.79 Å². The van der Waals surface area contributed by atoms with Crippen LogP contribution in [0.5, 0.6) is 0 Å². The van der Waals surface area contributed by atoms with E-state index in [1.165, 1.54) is 0 Å². The summed E-state index contributed by atoms with van der Waals surface area (Å²) in [6, 6.07) is 15.4. The molecule has 30 heavy (non-hydrogen) atoms. The molecule has 0 aliphatic heterocycles. The van der Waals surface area contributed by atoms with Crippen molar-refractivity contribution in [3.05, 3.63) is 70.2 Å². The van der Waals surface area contributed by atoms with Crippen molar-refractivity contribution < 1.29 is 4.79 Å². The smallest absolute Gasteiger partial charge is 0.251 e. The number of hydrogen-bond acceptors (Lipinski definition) is 3. The predicted molar refractivity (Wildman–Crippen MR) is 125 cm³/mol. The molecule has 0 atom stereocenters. The first kappa shape index (κ1) is 23.7. The maximum Gasteiger partial charge on any atom is 0.251 e. The molecule has 162 valence electrons. The summed E-state index contributed by atoms with van der Waals surface area (Å²) < 4.78 is 0. The topological polar surface area (TPSA) is 68.8 Å². The van der Waals surface area contributed by atoms with E-state index in [2.05, 4.69) is 20.9 Å². The van der Waals surface area contributed by atoms with Gasteiger partial charge in [-0.15, -0.1) is 0 Å². The summed E-state index contributed by atoms with van der Waals surface area (Å²) in [5.41, 5.74) is 2.74. The molecule has 2 rings (SSSR count). The molecule has 0 saturated heterocycles. The van der Waals surface area contributed by atoms with Crippen LogP contribution in [-0.4, -0.2) is 57.0 Å². The minimum Gasteiger partial charge on any atom is -0.357 e. The second kappa shape index (κ2) is 12.9. The van der Waals surface area contributed by atoms with Gasteiger partial charge in [0.05, 0.1) is 6.54 Å². The van der Waals surface area contributed by atoms with E-state index in [0.29, 0.717) is 18.7 Å². The number of aliphatic imine (C=N–C) groups is 1. The number of likely N-dealkylation sites (N-methyl/N-ethyl adjacent to an activating group) is 1. The molecule has 2 aromatic carbocycles. The Morgan fingerprint density at radius 2 is 1.83 bits per heavy atom. The van der Waals surface area contributed by atoms with Gasteiger partial charge < -0.3 is 20.9 Å². The Hall–Kier alpha value is -2.57. The monoisotopic (exact) mass is 429 g/mol. The number of guanidine groups is 1. The van der Waals surface area contributed by atoms with Crippen molar-refractivity contribution >= 4 is 23.5 Å². The Morgan fingerprint density at radius 3 is 2.57 bits per heavy atom. The number of nitrogens with one attached hydrogen (secondary N) is 3. The lowest BCUT2D eigenvalue weighted by Crippen LogP contribution is -2.38. The number of carbonyl (C=O) groups is 1. The lowest BCUT2D eigenvalue weighted by Gasteiger charge is -2.12. The number of benzene rings is 2. The Kier molecular flexibility index (Phi) is 10.2. The normalized spacial score (nSPS) is 11.4. The SMILES string of the molecule is CCNC(=NCc1cccc(C(=O)NCCN(C)C)c1)NCCc1ccccc1Cl. The quantitative estimate of drug-likeness (QED) is 0.401. The number of nitrogens with zero attached hydrogens (tertiary/aromatic N) is 2. The summed E-state index contributed by atoms with van der Waals surface area (Å²) >= 11 is 6.22. The van der Waals surface area contributed by atoms with Gasteiger partial charge in [0.2, 0.25) is 0 Å². The standard InChI is InChI=1S/C23H32ClN5O/c1-4-25-23(27-13-12-19-9-5-6-11-21(19)24)28-17-18-8-7-10-20(16-18)22(30)26-14-15-29(2)3/h5-11,16H,4,12-15,17H2,1-3H3,(H,26,30)(H2,25,27,28). The van der Waals surface area contributed by atoms with Gasteiger partial charge in [-0.05, 0) is 56.8 Å². The maximum atomic E-state index is 12.3. The van der Waals surface area contributed by atoms with Crippen LogP contribution in [0.15, 0.2) is 53.5 Å². The number of halogens is 1. The van der Waals surface area contributed by atoms with Gasteiger partial charge >= 0.3 is 0 Å². The van der Waals surface area contributed by atoms with Gasteiger partial charge in [0.15, 0.2) is 5.96 Å². The van der Waals surface area contributed by atoms with Gasteiger partial charge in [-0.1, -0.05) is 41.9 Å². The summed E-state index contributed by atoms with van der Waals surface area (Å²) in [6.07, 6.45) is 0.812. The Balaban J connectivity index is 1.92. The molecule has 0 bridgehead atoms. The van der Waals surface area contributed by atoms with Crippen LogP contribution >= 0.6 is 11.6 Å². The average molecular weight is 430 g/mol. The largest absolute Gasteiger partial charge is 0.357 e. The van der Waals surface area contributed by atoms with Crippen LogP contribution in [0.4, 0.5) is 0 Å². The first-order chi connectivity index (χ1) is 14.5. The van der Waals surface area contributed by atoms with Crippen LogP contribution in [0.3, 0.4) is 0 Å². The zero-order chi connectivity index (χ0) is 21.8. The zero-order valence-corrected chi connectivity index (χ0v) is 18.8. The zero-order valence-electron chi connectivity index (χ0n) is 18.0. The third-order valence-electron chi connectivity index (χ3n) is 4.44. The number of rotatable bonds is 10. The van der Waals surface area contributed by atoms with Crippen LogP contribution < -0.4 is 16.0 Å². The van der Waals surface area contributed by atoms with E-state index in [9.17, 15) is 4.79 Å². The maximum absolute atomic E-state index is 12.3. The molecule has 0 unspecified atom stereocenters. The van der Waals surface area contributed by atoms with Gasteiger partial charge in [-0.2, -0.15) is 0 Å². The van der Waals surface area contributed by atoms with Crippen molar-refractivity contribution in [2.45, 2.75) is 19.9 Å². The second-order valence-electron chi connectivity index (χ2n) is 7.22. The highest BCUT2D eigenvalue weighted by atomic mass is 35.5. The fourth-order valence-corrected chi connectivity index (χ4v) is 3.07. The molecule has 3 N–H and O–H groups in total. The third kappa shape index (κ3) is 8.43. The van der Waals surface area contributed by atoms with E-state index in [1.54, 1.807) is 0 Å². The minimum absolute atomic E-state index is 0.0625. The molecule has 7 heteroatoms. The fraction of sp³-hybridized carbons (Fsp3) is 0.391. The minimum atomic E-state index is -0.0625. The van der Waals surface area contributed by atoms with Crippen LogP contribution in [-0.2, 0) is 13.0 Å². The predicted octanol–water partition coefficient (Wildman–Crippen LogP) is 2.93. The Bertz CT molecular complexity index is 838. The van der Waals surface area contributed by atoms with Gasteiger partial charge in [0.1, 0.15) is 0 Å². The van der Waals surface area contributed by atoms with Crippen molar-refractivity contribution in [3.8, 4) is 0 Å². The van der Waals surface area contributed by atoms with Crippen LogP contribution in [0.1, 0.15) is 28.4 Å². The third-order valence-corrected chi connectivity index (χ3v) is 4.81. The number of carbonyl (C=O) groups excluding carboxylic acids is 1. The first-order valence-corrected chi connectivity index (χ1v) is 10.6. The molecule has 1 amide bonds. The first-order valence-electron chi connectivity index (χ1n) is 10.3. The van der Waals surface area contributed by atoms with E-state index >= 15 is 0 Å². The van der Waals surface area contributed by atoms with Crippen molar-refractivity contribution in [3.63, 3.8) is 0 Å². The highest BCUT2D eigenvalue weighted by molar-refractivity contribution is 6.31. The van der Waals surface area contributed by atoms with E-state index in [1.807, 2.05) is 74.4 Å². The van der Waals surface area contributed by atoms with Gasteiger partial charge in [-0.25, -0.2) is 4.99 Å². The molecule has 0 spiro atoms. The Morgan fingerprint density at radius 1 is 1.03 bits per heavy atom. The van der Waals surface area contributed by atoms with E-state index in [-0.39, 0.29) is 5.91 Å².